The predicted molar refractivity (Wildman–Crippen MR) is 100 cm³/mol. The number of aliphatic hydroxyl groups is 4. The van der Waals surface area contributed by atoms with Crippen LogP contribution in [0.1, 0.15) is 32.6 Å². The highest BCUT2D eigenvalue weighted by Crippen LogP contribution is 2.58. The lowest BCUT2D eigenvalue weighted by atomic mass is 9.54. The fraction of sp³-hybridized carbons (Fsp3) is 0.762. The van der Waals surface area contributed by atoms with E-state index in [2.05, 4.69) is 20.1 Å². The number of ether oxygens (including phenoxy) is 3. The smallest absolute Gasteiger partial charge is 0.334 e. The number of aliphatic hydroxyl groups excluding tert-OH is 4. The average Bonchev–Trinajstić information content (AvgIpc) is 2.97. The maximum atomic E-state index is 12.1. The van der Waals surface area contributed by atoms with Gasteiger partial charge in [0.2, 0.25) is 0 Å². The quantitative estimate of drug-likeness (QED) is 0.292. The first-order valence-corrected chi connectivity index (χ1v) is 10.2. The van der Waals surface area contributed by atoms with Crippen molar-refractivity contribution in [1.29, 1.82) is 0 Å². The molecule has 29 heavy (non-hydrogen) atoms. The van der Waals surface area contributed by atoms with Crippen molar-refractivity contribution >= 4 is 5.97 Å². The molecule has 8 nitrogen and oxygen atoms in total. The van der Waals surface area contributed by atoms with Crippen molar-refractivity contribution in [3.8, 4) is 0 Å². The molecule has 2 aliphatic heterocycles. The molecule has 2 saturated carbocycles. The van der Waals surface area contributed by atoms with Gasteiger partial charge in [-0.25, -0.2) is 4.79 Å². The number of rotatable bonds is 3. The number of fused-ring (bicyclic) bond motifs is 3. The van der Waals surface area contributed by atoms with E-state index in [1.807, 2.05) is 0 Å². The molecular formula is C21H30O8. The number of hydrogen-bond acceptors (Lipinski definition) is 8. The van der Waals surface area contributed by atoms with Gasteiger partial charge in [0.05, 0.1) is 12.7 Å². The number of esters is 1. The molecular weight excluding hydrogens is 380 g/mol. The molecule has 2 saturated heterocycles. The summed E-state index contributed by atoms with van der Waals surface area (Å²) in [5.74, 6) is -0.481. The Morgan fingerprint density at radius 1 is 1.17 bits per heavy atom. The first-order chi connectivity index (χ1) is 13.7. The second-order valence-corrected chi connectivity index (χ2v) is 9.04. The molecule has 0 aromatic carbocycles. The normalized spacial score (nSPS) is 50.1. The molecule has 2 aliphatic carbocycles. The molecule has 4 fully saturated rings. The van der Waals surface area contributed by atoms with Crippen LogP contribution in [0.3, 0.4) is 0 Å². The van der Waals surface area contributed by atoms with Crippen molar-refractivity contribution in [2.45, 2.75) is 75.5 Å². The van der Waals surface area contributed by atoms with Gasteiger partial charge < -0.3 is 34.6 Å². The van der Waals surface area contributed by atoms with Gasteiger partial charge in [-0.3, -0.25) is 0 Å². The maximum Gasteiger partial charge on any atom is 0.334 e. The summed E-state index contributed by atoms with van der Waals surface area (Å²) in [6.45, 7) is 9.70. The molecule has 162 valence electrons. The van der Waals surface area contributed by atoms with Gasteiger partial charge in [-0.15, -0.1) is 0 Å². The highest BCUT2D eigenvalue weighted by Gasteiger charge is 2.59. The van der Waals surface area contributed by atoms with Gasteiger partial charge in [-0.1, -0.05) is 25.7 Å². The summed E-state index contributed by atoms with van der Waals surface area (Å²) >= 11 is 0. The van der Waals surface area contributed by atoms with Crippen molar-refractivity contribution in [2.75, 3.05) is 6.61 Å². The van der Waals surface area contributed by atoms with Crippen molar-refractivity contribution in [1.82, 2.24) is 0 Å². The molecule has 0 spiro atoms. The summed E-state index contributed by atoms with van der Waals surface area (Å²) in [7, 11) is 0. The van der Waals surface area contributed by atoms with Gasteiger partial charge in [0, 0.05) is 22.8 Å². The molecule has 4 rings (SSSR count). The first-order valence-electron chi connectivity index (χ1n) is 10.2. The fourth-order valence-electron chi connectivity index (χ4n) is 5.69. The Hall–Kier alpha value is -1.29. The molecule has 0 aromatic rings. The van der Waals surface area contributed by atoms with Gasteiger partial charge in [-0.05, 0) is 25.7 Å². The molecule has 4 N–H and O–H groups in total. The van der Waals surface area contributed by atoms with Crippen LogP contribution in [-0.2, 0) is 19.0 Å². The molecule has 8 heteroatoms. The second-order valence-electron chi connectivity index (χ2n) is 9.04. The standard InChI is InChI=1S/C21H30O8/c1-9-4-5-13(28-20-17(25)16(24)15(23)12(8-22)27-20)21(3)7-6-11-10(2)19(26)29-18(11)14(9)21/h11-18,20,22-25H,1-2,4-8H2,3H3/t11-,12-,13+,14+,15-,16+,17-,18-,20+,21-/m0/s1. The van der Waals surface area contributed by atoms with Crippen molar-refractivity contribution in [3.05, 3.63) is 24.3 Å². The van der Waals surface area contributed by atoms with E-state index >= 15 is 0 Å². The van der Waals surface area contributed by atoms with Crippen LogP contribution in [-0.4, -0.2) is 75.9 Å². The fourth-order valence-corrected chi connectivity index (χ4v) is 5.69. The Kier molecular flexibility index (Phi) is 5.38. The Morgan fingerprint density at radius 3 is 2.59 bits per heavy atom. The van der Waals surface area contributed by atoms with Gasteiger partial charge in [0.1, 0.15) is 30.5 Å². The van der Waals surface area contributed by atoms with Crippen LogP contribution in [0, 0.1) is 17.3 Å². The number of carbonyl (C=O) groups excluding carboxylic acids is 1. The minimum absolute atomic E-state index is 0.0247. The highest BCUT2D eigenvalue weighted by molar-refractivity contribution is 5.91. The van der Waals surface area contributed by atoms with Crippen LogP contribution in [0.5, 0.6) is 0 Å². The predicted octanol–water partition coefficient (Wildman–Crippen LogP) is 0.0356. The molecule has 0 amide bonds. The third-order valence-electron chi connectivity index (χ3n) is 7.43. The highest BCUT2D eigenvalue weighted by atomic mass is 16.7. The Morgan fingerprint density at radius 2 is 1.90 bits per heavy atom. The van der Waals surface area contributed by atoms with E-state index in [9.17, 15) is 25.2 Å². The summed E-state index contributed by atoms with van der Waals surface area (Å²) in [6, 6.07) is 0. The lowest BCUT2D eigenvalue weighted by Crippen LogP contribution is -2.61. The van der Waals surface area contributed by atoms with E-state index in [-0.39, 0.29) is 30.0 Å². The average molecular weight is 410 g/mol. The van der Waals surface area contributed by atoms with Crippen molar-refractivity contribution in [3.63, 3.8) is 0 Å². The topological polar surface area (TPSA) is 126 Å². The lowest BCUT2D eigenvalue weighted by molar-refractivity contribution is -0.325. The van der Waals surface area contributed by atoms with E-state index in [0.29, 0.717) is 18.4 Å². The Balaban J connectivity index is 1.57. The van der Waals surface area contributed by atoms with Crippen LogP contribution >= 0.6 is 0 Å². The van der Waals surface area contributed by atoms with Crippen LogP contribution in [0.4, 0.5) is 0 Å². The van der Waals surface area contributed by atoms with Crippen molar-refractivity contribution < 1.29 is 39.4 Å². The zero-order chi connectivity index (χ0) is 21.1. The monoisotopic (exact) mass is 410 g/mol. The molecule has 0 unspecified atom stereocenters. The molecule has 0 aromatic heterocycles. The van der Waals surface area contributed by atoms with Crippen molar-refractivity contribution in [2.24, 2.45) is 17.3 Å². The van der Waals surface area contributed by atoms with E-state index in [4.69, 9.17) is 14.2 Å². The van der Waals surface area contributed by atoms with Crippen LogP contribution in [0.25, 0.3) is 0 Å². The van der Waals surface area contributed by atoms with Gasteiger partial charge in [-0.2, -0.15) is 0 Å². The molecule has 4 aliphatic rings. The van der Waals surface area contributed by atoms with Gasteiger partial charge >= 0.3 is 5.97 Å². The van der Waals surface area contributed by atoms with Crippen LogP contribution < -0.4 is 0 Å². The first kappa shape index (κ1) is 21.0. The second kappa shape index (κ2) is 7.44. The summed E-state index contributed by atoms with van der Waals surface area (Å²) < 4.78 is 17.4. The zero-order valence-corrected chi connectivity index (χ0v) is 16.6. The minimum Gasteiger partial charge on any atom is -0.458 e. The largest absolute Gasteiger partial charge is 0.458 e. The lowest BCUT2D eigenvalue weighted by Gasteiger charge is -2.55. The summed E-state index contributed by atoms with van der Waals surface area (Å²) in [5.41, 5.74) is 1.13. The summed E-state index contributed by atoms with van der Waals surface area (Å²) in [6.07, 6.45) is -4.39. The van der Waals surface area contributed by atoms with Gasteiger partial charge in [0.25, 0.3) is 0 Å². The van der Waals surface area contributed by atoms with Gasteiger partial charge in [0.15, 0.2) is 6.29 Å². The number of hydrogen-bond donors (Lipinski definition) is 4. The zero-order valence-electron chi connectivity index (χ0n) is 16.6. The molecule has 2 heterocycles. The number of carbonyl (C=O) groups is 1. The summed E-state index contributed by atoms with van der Waals surface area (Å²) in [5, 5.41) is 39.8. The minimum atomic E-state index is -1.48. The van der Waals surface area contributed by atoms with E-state index in [0.717, 1.165) is 18.4 Å². The molecule has 10 atom stereocenters. The van der Waals surface area contributed by atoms with E-state index < -0.39 is 42.7 Å². The third-order valence-corrected chi connectivity index (χ3v) is 7.43. The van der Waals surface area contributed by atoms with Crippen LogP contribution in [0.15, 0.2) is 24.3 Å². The third kappa shape index (κ3) is 3.17. The molecule has 0 bridgehead atoms. The summed E-state index contributed by atoms with van der Waals surface area (Å²) in [4.78, 5) is 12.1. The van der Waals surface area contributed by atoms with E-state index in [1.165, 1.54) is 0 Å². The van der Waals surface area contributed by atoms with E-state index in [1.54, 1.807) is 0 Å². The Bertz CT molecular complexity index is 705. The van der Waals surface area contributed by atoms with Crippen LogP contribution in [0.2, 0.25) is 0 Å². The Labute approximate surface area is 169 Å². The maximum absolute atomic E-state index is 12.1. The SMILES string of the molecule is C=C1CC[C@@H](O[C@H]2O[C@@H](CO)[C@H](O)[C@@H](O)[C@@H]2O)[C@]2(C)CC[C@H]3C(=C)C(=O)O[C@@H]3[C@@H]12. The molecule has 0 radical (unpaired) electrons.